The van der Waals surface area contributed by atoms with Crippen molar-refractivity contribution in [3.63, 3.8) is 0 Å². The number of carbonyl (C=O) groups is 3. The van der Waals surface area contributed by atoms with Crippen molar-refractivity contribution in [2.75, 3.05) is 19.6 Å². The number of benzene rings is 3. The van der Waals surface area contributed by atoms with Crippen LogP contribution >= 0.6 is 0 Å². The molecule has 3 aromatic carbocycles. The molecule has 6 heterocycles. The van der Waals surface area contributed by atoms with Gasteiger partial charge in [0.25, 0.3) is 11.5 Å². The van der Waals surface area contributed by atoms with Gasteiger partial charge >= 0.3 is 12.2 Å². The molecule has 360 valence electrons. The van der Waals surface area contributed by atoms with Crippen molar-refractivity contribution >= 4 is 40.0 Å². The molecule has 9 rings (SSSR count). The van der Waals surface area contributed by atoms with Gasteiger partial charge in [-0.25, -0.2) is 14.6 Å². The molecule has 0 radical (unpaired) electrons. The standard InChI is InChI=1S/C50H52N8O9.C2H6/c1-6-33-35-22-32(9-10-39(35)52-44-37(33)25-57-41(44)20-28(5)38(48(57)62)26-66-50(64)65)67-49(63)56-17-13-29(14-18-56)12-16-55-19-15-30-21-31(8-11-40(30)55)58-45(53-54-46(58)47(61)51-7-2)36-23-34(27(3)4)42(59)24-43(36)60;1-2/h8-11,15,19-24,27,29,59-60H,6-7,12-14,16-18,25-26H2,1-5H3,(H,51,61)(H,64,65);1-2H3. The maximum absolute atomic E-state index is 13.5. The molecule has 2 aliphatic heterocycles. The van der Waals surface area contributed by atoms with Gasteiger partial charge in [0.05, 0.1) is 40.3 Å². The minimum Gasteiger partial charge on any atom is -0.508 e. The Labute approximate surface area is 399 Å². The van der Waals surface area contributed by atoms with E-state index in [0.717, 1.165) is 53.2 Å². The van der Waals surface area contributed by atoms with Crippen LogP contribution < -0.4 is 15.6 Å². The fourth-order valence-electron chi connectivity index (χ4n) is 9.57. The number of piperidine rings is 1. The first-order valence-electron chi connectivity index (χ1n) is 23.6. The number of likely N-dealkylation sites (tertiary alicyclic amines) is 1. The summed E-state index contributed by atoms with van der Waals surface area (Å²) in [6, 6.07) is 18.2. The van der Waals surface area contributed by atoms with Crippen LogP contribution in [0.5, 0.6) is 17.2 Å². The molecule has 0 atom stereocenters. The maximum Gasteiger partial charge on any atom is 0.506 e. The van der Waals surface area contributed by atoms with Gasteiger partial charge in [-0.05, 0) is 123 Å². The first-order chi connectivity index (χ1) is 33.2. The van der Waals surface area contributed by atoms with Crippen molar-refractivity contribution in [1.82, 2.24) is 39.1 Å². The lowest BCUT2D eigenvalue weighted by Gasteiger charge is -2.31. The lowest BCUT2D eigenvalue weighted by molar-refractivity contribution is 0.0846. The van der Waals surface area contributed by atoms with E-state index >= 15 is 0 Å². The van der Waals surface area contributed by atoms with Gasteiger partial charge < -0.3 is 44.1 Å². The Morgan fingerprint density at radius 2 is 1.70 bits per heavy atom. The molecule has 0 saturated carbocycles. The van der Waals surface area contributed by atoms with E-state index < -0.39 is 18.2 Å². The summed E-state index contributed by atoms with van der Waals surface area (Å²) < 4.78 is 16.1. The van der Waals surface area contributed by atoms with Crippen LogP contribution in [-0.2, 0) is 30.9 Å². The largest absolute Gasteiger partial charge is 0.508 e. The molecule has 1 fully saturated rings. The molecule has 17 nitrogen and oxygen atoms in total. The summed E-state index contributed by atoms with van der Waals surface area (Å²) >= 11 is 0. The molecule has 2 amide bonds. The Kier molecular flexibility index (Phi) is 13.8. The number of fused-ring (bicyclic) bond motifs is 5. The Balaban J connectivity index is 0.00000317. The summed E-state index contributed by atoms with van der Waals surface area (Å²) in [7, 11) is 0. The highest BCUT2D eigenvalue weighted by atomic mass is 16.7. The predicted octanol–water partition coefficient (Wildman–Crippen LogP) is 9.30. The summed E-state index contributed by atoms with van der Waals surface area (Å²) in [6.45, 7) is 15.8. The lowest BCUT2D eigenvalue weighted by atomic mass is 9.94. The normalized spacial score (nSPS) is 13.3. The summed E-state index contributed by atoms with van der Waals surface area (Å²) in [5.74, 6) is 0.496. The molecule has 17 heteroatoms. The zero-order chi connectivity index (χ0) is 49.3. The van der Waals surface area contributed by atoms with Crippen molar-refractivity contribution in [2.24, 2.45) is 5.92 Å². The summed E-state index contributed by atoms with van der Waals surface area (Å²) in [6.07, 6.45) is 3.43. The van der Waals surface area contributed by atoms with Crippen molar-refractivity contribution in [3.05, 3.63) is 111 Å². The number of nitrogens with one attached hydrogen (secondary N) is 1. The number of aromatic hydroxyl groups is 2. The maximum atomic E-state index is 13.5. The number of rotatable bonds is 12. The Hall–Kier alpha value is -7.69. The number of carbonyl (C=O) groups excluding carboxylic acids is 2. The van der Waals surface area contributed by atoms with E-state index in [9.17, 15) is 29.4 Å². The monoisotopic (exact) mass is 938 g/mol. The first-order valence-corrected chi connectivity index (χ1v) is 23.6. The van der Waals surface area contributed by atoms with Gasteiger partial charge in [0, 0.05) is 60.3 Å². The SMILES string of the molecule is CC.CCNC(=O)c1nnc(-c2cc(C(C)C)c(O)cc2O)n1-c1ccc2c(ccn2CCC2CCN(C(=O)Oc3ccc4nc5c(c(CC)c4c3)Cn3c-5cc(C)c(COC(=O)O)c3=O)CC2)c1. The molecule has 4 N–H and O–H groups in total. The van der Waals surface area contributed by atoms with Crippen molar-refractivity contribution in [2.45, 2.75) is 99.8 Å². The number of carboxylic acid groups (broad SMARTS) is 1. The Morgan fingerprint density at radius 1 is 0.928 bits per heavy atom. The Morgan fingerprint density at radius 3 is 2.41 bits per heavy atom. The van der Waals surface area contributed by atoms with Crippen LogP contribution in [0.2, 0.25) is 0 Å². The third-order valence-electron chi connectivity index (χ3n) is 13.1. The first kappa shape index (κ1) is 47.8. The zero-order valence-corrected chi connectivity index (χ0v) is 40.0. The molecular weight excluding hydrogens is 881 g/mol. The topological polar surface area (TPSA) is 216 Å². The number of hydrogen-bond donors (Lipinski definition) is 4. The van der Waals surface area contributed by atoms with E-state index in [2.05, 4.69) is 20.1 Å². The van der Waals surface area contributed by atoms with E-state index in [1.165, 1.54) is 6.07 Å². The number of aryl methyl sites for hydroxylation is 3. The zero-order valence-electron chi connectivity index (χ0n) is 40.0. The molecule has 0 spiro atoms. The summed E-state index contributed by atoms with van der Waals surface area (Å²) in [5, 5.41) is 43.7. The van der Waals surface area contributed by atoms with E-state index in [4.69, 9.17) is 19.6 Å². The molecule has 0 unspecified atom stereocenters. The highest BCUT2D eigenvalue weighted by molar-refractivity contribution is 5.93. The number of phenolic OH excluding ortho intramolecular Hbond substituents is 2. The average molecular weight is 939 g/mol. The highest BCUT2D eigenvalue weighted by Gasteiger charge is 2.30. The van der Waals surface area contributed by atoms with E-state index in [-0.39, 0.29) is 53.3 Å². The number of amides is 2. The van der Waals surface area contributed by atoms with Crippen LogP contribution in [0.4, 0.5) is 9.59 Å². The molecule has 7 aromatic rings. The van der Waals surface area contributed by atoms with Crippen LogP contribution in [-0.4, -0.2) is 86.9 Å². The van der Waals surface area contributed by atoms with Crippen molar-refractivity contribution in [1.29, 1.82) is 0 Å². The number of pyridine rings is 2. The second kappa shape index (κ2) is 19.9. The lowest BCUT2D eigenvalue weighted by Crippen LogP contribution is -2.40. The minimum atomic E-state index is -1.44. The number of phenols is 2. The van der Waals surface area contributed by atoms with E-state index in [1.807, 2.05) is 90.2 Å². The number of aromatic nitrogens is 6. The fourth-order valence-corrected chi connectivity index (χ4v) is 9.57. The van der Waals surface area contributed by atoms with Gasteiger partial charge in [-0.15, -0.1) is 10.2 Å². The molecule has 1 saturated heterocycles. The van der Waals surface area contributed by atoms with Crippen LogP contribution in [0.1, 0.15) is 105 Å². The molecule has 0 aliphatic carbocycles. The van der Waals surface area contributed by atoms with E-state index in [1.54, 1.807) is 33.1 Å². The number of hydrogen-bond acceptors (Lipinski definition) is 11. The number of nitrogens with zero attached hydrogens (tertiary/aromatic N) is 7. The third kappa shape index (κ3) is 9.20. The van der Waals surface area contributed by atoms with Crippen LogP contribution in [0.15, 0.2) is 71.7 Å². The van der Waals surface area contributed by atoms with Gasteiger partial charge in [0.15, 0.2) is 5.82 Å². The molecule has 0 bridgehead atoms. The van der Waals surface area contributed by atoms with Gasteiger partial charge in [-0.1, -0.05) is 34.6 Å². The predicted molar refractivity (Wildman–Crippen MR) is 261 cm³/mol. The van der Waals surface area contributed by atoms with Gasteiger partial charge in [0.1, 0.15) is 23.9 Å². The molecular formula is C52H58N8O9. The Bertz CT molecular complexity index is 3180. The van der Waals surface area contributed by atoms with Crippen LogP contribution in [0, 0.1) is 12.8 Å². The van der Waals surface area contributed by atoms with Crippen molar-refractivity contribution < 1.29 is 39.2 Å². The molecule has 2 aliphatic rings. The van der Waals surface area contributed by atoms with Gasteiger partial charge in [-0.3, -0.25) is 14.2 Å². The fraction of sp³-hybridized carbons (Fsp3) is 0.365. The van der Waals surface area contributed by atoms with Crippen LogP contribution in [0.25, 0.3) is 50.3 Å². The van der Waals surface area contributed by atoms with Gasteiger partial charge in [0.2, 0.25) is 5.82 Å². The summed E-state index contributed by atoms with van der Waals surface area (Å²) in [5.41, 5.74) is 7.24. The highest BCUT2D eigenvalue weighted by Crippen LogP contribution is 2.40. The minimum absolute atomic E-state index is 0.0249. The second-order valence-electron chi connectivity index (χ2n) is 17.6. The summed E-state index contributed by atoms with van der Waals surface area (Å²) in [4.78, 5) is 57.9. The van der Waals surface area contributed by atoms with Crippen molar-refractivity contribution in [3.8, 4) is 45.7 Å². The number of ether oxygens (including phenoxy) is 2. The molecule has 69 heavy (non-hydrogen) atoms. The average Bonchev–Trinajstić information content (AvgIpc) is 4.06. The van der Waals surface area contributed by atoms with E-state index in [0.29, 0.717) is 77.0 Å². The third-order valence-corrected chi connectivity index (χ3v) is 13.1. The van der Waals surface area contributed by atoms with Gasteiger partial charge in [-0.2, -0.15) is 0 Å². The quantitative estimate of drug-likeness (QED) is 0.0843. The van der Waals surface area contributed by atoms with Crippen LogP contribution in [0.3, 0.4) is 0 Å². The molecule has 4 aromatic heterocycles. The smallest absolute Gasteiger partial charge is 0.506 e. The second-order valence-corrected chi connectivity index (χ2v) is 17.6.